The summed E-state index contributed by atoms with van der Waals surface area (Å²) < 4.78 is 0. The Morgan fingerprint density at radius 2 is 2.10 bits per heavy atom. The molecule has 0 saturated heterocycles. The van der Waals surface area contributed by atoms with Crippen LogP contribution in [0.25, 0.3) is 6.08 Å². The van der Waals surface area contributed by atoms with Gasteiger partial charge in [-0.2, -0.15) is 5.10 Å². The number of carbonyl (C=O) groups is 1. The standard InChI is InChI=1S/C16H15N3O/c1-13-6-2-3-7-14(13)8-5-11-18-19-16(20)15-9-4-10-17-12-15/h2-12H,1H3,(H,19,20). The number of carbonyl (C=O) groups excluding carboxylic acids is 1. The van der Waals surface area contributed by atoms with Crippen LogP contribution in [0.15, 0.2) is 60.0 Å². The molecule has 0 fully saturated rings. The van der Waals surface area contributed by atoms with Gasteiger partial charge in [-0.25, -0.2) is 5.43 Å². The van der Waals surface area contributed by atoms with Crippen LogP contribution in [0, 0.1) is 6.92 Å². The molecule has 1 heterocycles. The topological polar surface area (TPSA) is 54.4 Å². The van der Waals surface area contributed by atoms with Gasteiger partial charge in [-0.3, -0.25) is 9.78 Å². The Morgan fingerprint density at radius 1 is 1.25 bits per heavy atom. The fraction of sp³-hybridized carbons (Fsp3) is 0.0625. The third kappa shape index (κ3) is 3.88. The summed E-state index contributed by atoms with van der Waals surface area (Å²) in [5, 5.41) is 3.85. The van der Waals surface area contributed by atoms with Crippen LogP contribution in [0.5, 0.6) is 0 Å². The second-order valence-electron chi connectivity index (χ2n) is 4.18. The van der Waals surface area contributed by atoms with Gasteiger partial charge in [0.25, 0.3) is 5.91 Å². The number of aryl methyl sites for hydroxylation is 1. The first-order valence-electron chi connectivity index (χ1n) is 6.23. The third-order valence-corrected chi connectivity index (χ3v) is 2.71. The van der Waals surface area contributed by atoms with E-state index in [1.54, 1.807) is 30.6 Å². The zero-order valence-corrected chi connectivity index (χ0v) is 11.2. The van der Waals surface area contributed by atoms with Gasteiger partial charge in [0, 0.05) is 18.6 Å². The summed E-state index contributed by atoms with van der Waals surface area (Å²) in [5.74, 6) is -0.279. The molecule has 2 aromatic rings. The van der Waals surface area contributed by atoms with Crippen molar-refractivity contribution in [3.63, 3.8) is 0 Å². The largest absolute Gasteiger partial charge is 0.272 e. The van der Waals surface area contributed by atoms with E-state index in [0.29, 0.717) is 5.56 Å². The first-order valence-corrected chi connectivity index (χ1v) is 6.23. The highest BCUT2D eigenvalue weighted by atomic mass is 16.2. The number of nitrogens with one attached hydrogen (secondary N) is 1. The van der Waals surface area contributed by atoms with Crippen LogP contribution < -0.4 is 5.43 Å². The minimum Gasteiger partial charge on any atom is -0.267 e. The van der Waals surface area contributed by atoms with E-state index in [2.05, 4.69) is 15.5 Å². The van der Waals surface area contributed by atoms with Crippen molar-refractivity contribution in [1.82, 2.24) is 10.4 Å². The first kappa shape index (κ1) is 13.7. The van der Waals surface area contributed by atoms with Gasteiger partial charge >= 0.3 is 0 Å². The van der Waals surface area contributed by atoms with Crippen molar-refractivity contribution >= 4 is 18.2 Å². The molecule has 0 radical (unpaired) electrons. The molecule has 1 aromatic carbocycles. The van der Waals surface area contributed by atoms with Crippen molar-refractivity contribution in [2.45, 2.75) is 6.92 Å². The molecule has 0 saturated carbocycles. The lowest BCUT2D eigenvalue weighted by atomic mass is 10.1. The Kier molecular flexibility index (Phi) is 4.78. The molecular weight excluding hydrogens is 250 g/mol. The highest BCUT2D eigenvalue weighted by molar-refractivity contribution is 5.94. The van der Waals surface area contributed by atoms with Crippen molar-refractivity contribution in [3.05, 3.63) is 71.6 Å². The number of nitrogens with zero attached hydrogens (tertiary/aromatic N) is 2. The maximum absolute atomic E-state index is 11.6. The highest BCUT2D eigenvalue weighted by Gasteiger charge is 2.01. The van der Waals surface area contributed by atoms with Crippen LogP contribution >= 0.6 is 0 Å². The fourth-order valence-corrected chi connectivity index (χ4v) is 1.62. The van der Waals surface area contributed by atoms with E-state index in [-0.39, 0.29) is 5.91 Å². The number of hydrogen-bond acceptors (Lipinski definition) is 3. The Bertz CT molecular complexity index is 633. The Hall–Kier alpha value is -2.75. The minimum absolute atomic E-state index is 0.279. The zero-order chi connectivity index (χ0) is 14.2. The average Bonchev–Trinajstić information content (AvgIpc) is 2.49. The van der Waals surface area contributed by atoms with Crippen molar-refractivity contribution in [2.75, 3.05) is 0 Å². The maximum Gasteiger partial charge on any atom is 0.272 e. The predicted molar refractivity (Wildman–Crippen MR) is 80.4 cm³/mol. The smallest absolute Gasteiger partial charge is 0.267 e. The van der Waals surface area contributed by atoms with Crippen LogP contribution in [0.2, 0.25) is 0 Å². The second-order valence-corrected chi connectivity index (χ2v) is 4.18. The summed E-state index contributed by atoms with van der Waals surface area (Å²) in [7, 11) is 0. The zero-order valence-electron chi connectivity index (χ0n) is 11.2. The van der Waals surface area contributed by atoms with E-state index < -0.39 is 0 Å². The Balaban J connectivity index is 1.89. The van der Waals surface area contributed by atoms with Gasteiger partial charge in [-0.15, -0.1) is 0 Å². The summed E-state index contributed by atoms with van der Waals surface area (Å²) in [5.41, 5.74) is 5.23. The van der Waals surface area contributed by atoms with Gasteiger partial charge in [0.15, 0.2) is 0 Å². The number of benzene rings is 1. The molecule has 1 aromatic heterocycles. The van der Waals surface area contributed by atoms with Gasteiger partial charge in [0.2, 0.25) is 0 Å². The monoisotopic (exact) mass is 265 g/mol. The van der Waals surface area contributed by atoms with Crippen LogP contribution in [0.3, 0.4) is 0 Å². The molecule has 4 heteroatoms. The van der Waals surface area contributed by atoms with E-state index in [9.17, 15) is 4.79 Å². The van der Waals surface area contributed by atoms with E-state index in [4.69, 9.17) is 0 Å². The van der Waals surface area contributed by atoms with Crippen LogP contribution in [0.1, 0.15) is 21.5 Å². The predicted octanol–water partition coefficient (Wildman–Crippen LogP) is 2.82. The normalized spacial score (nSPS) is 11.1. The van der Waals surface area contributed by atoms with Gasteiger partial charge in [-0.05, 0) is 36.3 Å². The first-order chi connectivity index (χ1) is 9.77. The lowest BCUT2D eigenvalue weighted by Gasteiger charge is -1.98. The van der Waals surface area contributed by atoms with Crippen molar-refractivity contribution < 1.29 is 4.79 Å². The van der Waals surface area contributed by atoms with Gasteiger partial charge in [0.05, 0.1) is 5.56 Å². The molecule has 0 spiro atoms. The van der Waals surface area contributed by atoms with Crippen molar-refractivity contribution in [3.8, 4) is 0 Å². The van der Waals surface area contributed by atoms with Crippen LogP contribution in [-0.2, 0) is 0 Å². The molecule has 0 aliphatic carbocycles. The molecule has 0 aliphatic rings. The molecule has 4 nitrogen and oxygen atoms in total. The molecule has 100 valence electrons. The summed E-state index contributed by atoms with van der Waals surface area (Å²) >= 11 is 0. The summed E-state index contributed by atoms with van der Waals surface area (Å²) in [6.45, 7) is 2.04. The number of hydrogen-bond donors (Lipinski definition) is 1. The number of pyridine rings is 1. The van der Waals surface area contributed by atoms with E-state index in [1.807, 2.05) is 37.3 Å². The average molecular weight is 265 g/mol. The molecule has 0 unspecified atom stereocenters. The summed E-state index contributed by atoms with van der Waals surface area (Å²) in [6.07, 6.45) is 8.38. The maximum atomic E-state index is 11.6. The minimum atomic E-state index is -0.279. The number of amides is 1. The fourth-order valence-electron chi connectivity index (χ4n) is 1.62. The number of allylic oxidation sites excluding steroid dienone is 1. The molecule has 2 rings (SSSR count). The Labute approximate surface area is 117 Å². The van der Waals surface area contributed by atoms with E-state index in [1.165, 1.54) is 11.8 Å². The summed E-state index contributed by atoms with van der Waals surface area (Å²) in [4.78, 5) is 15.5. The number of hydrazone groups is 1. The SMILES string of the molecule is Cc1ccccc1C=CC=NNC(=O)c1cccnc1. The molecule has 0 atom stereocenters. The molecule has 1 N–H and O–H groups in total. The number of aromatic nitrogens is 1. The van der Waals surface area contributed by atoms with Crippen LogP contribution in [-0.4, -0.2) is 17.1 Å². The Morgan fingerprint density at radius 3 is 2.85 bits per heavy atom. The number of rotatable bonds is 4. The van der Waals surface area contributed by atoms with Crippen LogP contribution in [0.4, 0.5) is 0 Å². The lowest BCUT2D eigenvalue weighted by molar-refractivity contribution is 0.0955. The third-order valence-electron chi connectivity index (χ3n) is 2.71. The van der Waals surface area contributed by atoms with Gasteiger partial charge in [-0.1, -0.05) is 30.3 Å². The lowest BCUT2D eigenvalue weighted by Crippen LogP contribution is -2.17. The second kappa shape index (κ2) is 6.99. The van der Waals surface area contributed by atoms with Gasteiger partial charge in [0.1, 0.15) is 0 Å². The molecule has 1 amide bonds. The summed E-state index contributed by atoms with van der Waals surface area (Å²) in [6, 6.07) is 11.4. The van der Waals surface area contributed by atoms with Crippen molar-refractivity contribution in [1.29, 1.82) is 0 Å². The highest BCUT2D eigenvalue weighted by Crippen LogP contribution is 2.07. The molecular formula is C16H15N3O. The quantitative estimate of drug-likeness (QED) is 0.682. The van der Waals surface area contributed by atoms with E-state index in [0.717, 1.165) is 5.56 Å². The van der Waals surface area contributed by atoms with Crippen molar-refractivity contribution in [2.24, 2.45) is 5.10 Å². The molecule has 0 aliphatic heterocycles. The van der Waals surface area contributed by atoms with E-state index >= 15 is 0 Å². The molecule has 20 heavy (non-hydrogen) atoms. The molecule has 0 bridgehead atoms. The van der Waals surface area contributed by atoms with Gasteiger partial charge < -0.3 is 0 Å².